The molecule has 1 fully saturated rings. The third kappa shape index (κ3) is 4.17. The lowest BCUT2D eigenvalue weighted by Gasteiger charge is -2.14. The maximum atomic E-state index is 12.2. The molecule has 0 saturated heterocycles. The lowest BCUT2D eigenvalue weighted by Crippen LogP contribution is -2.05. The maximum Gasteiger partial charge on any atom is 0.166 e. The Balaban J connectivity index is 1.64. The van der Waals surface area contributed by atoms with Crippen molar-refractivity contribution in [3.63, 3.8) is 0 Å². The van der Waals surface area contributed by atoms with Crippen LogP contribution in [-0.2, 0) is 11.2 Å². The highest BCUT2D eigenvalue weighted by atomic mass is 35.5. The Kier molecular flexibility index (Phi) is 5.73. The first kappa shape index (κ1) is 20.4. The largest absolute Gasteiger partial charge is 0.496 e. The van der Waals surface area contributed by atoms with Gasteiger partial charge < -0.3 is 10.1 Å². The molecule has 4 rings (SSSR count). The third-order valence-electron chi connectivity index (χ3n) is 5.41. The van der Waals surface area contributed by atoms with Crippen LogP contribution in [0.3, 0.4) is 0 Å². The average molecular weight is 423 g/mol. The first-order chi connectivity index (χ1) is 14.5. The molecule has 0 atom stereocenters. The van der Waals surface area contributed by atoms with Gasteiger partial charge in [-0.25, -0.2) is 0 Å². The number of nitrogens with zero attached hydrogens (tertiary/aromatic N) is 1. The second-order valence-corrected chi connectivity index (χ2v) is 7.96. The Labute approximate surface area is 180 Å². The molecular formula is C24H23ClN2O3. The van der Waals surface area contributed by atoms with Crippen molar-refractivity contribution in [2.45, 2.75) is 32.6 Å². The fourth-order valence-corrected chi connectivity index (χ4v) is 3.77. The number of nitrogens with one attached hydrogen (secondary N) is 1. The van der Waals surface area contributed by atoms with Gasteiger partial charge in [0.05, 0.1) is 18.2 Å². The van der Waals surface area contributed by atoms with Crippen molar-refractivity contribution in [2.75, 3.05) is 12.4 Å². The van der Waals surface area contributed by atoms with E-state index in [1.54, 1.807) is 19.4 Å². The monoisotopic (exact) mass is 422 g/mol. The minimum Gasteiger partial charge on any atom is -0.496 e. The molecule has 0 bridgehead atoms. The fraction of sp³-hybridized carbons (Fsp3) is 0.292. The molecule has 0 aliphatic heterocycles. The zero-order valence-corrected chi connectivity index (χ0v) is 17.8. The summed E-state index contributed by atoms with van der Waals surface area (Å²) in [4.78, 5) is 28.7. The van der Waals surface area contributed by atoms with Gasteiger partial charge in [0.15, 0.2) is 5.78 Å². The number of ketones is 2. The molecule has 1 aliphatic carbocycles. The van der Waals surface area contributed by atoms with Crippen LogP contribution >= 0.6 is 11.6 Å². The number of aromatic nitrogens is 1. The number of anilines is 2. The molecule has 154 valence electrons. The topological polar surface area (TPSA) is 68.3 Å². The first-order valence-corrected chi connectivity index (χ1v) is 10.5. The van der Waals surface area contributed by atoms with Crippen LogP contribution < -0.4 is 10.1 Å². The summed E-state index contributed by atoms with van der Waals surface area (Å²) < 4.78 is 5.45. The van der Waals surface area contributed by atoms with Gasteiger partial charge in [-0.3, -0.25) is 14.6 Å². The van der Waals surface area contributed by atoms with E-state index in [0.717, 1.165) is 35.2 Å². The molecule has 0 spiro atoms. The lowest BCUT2D eigenvalue weighted by atomic mass is 10.0. The predicted molar refractivity (Wildman–Crippen MR) is 119 cm³/mol. The summed E-state index contributed by atoms with van der Waals surface area (Å²) in [6.07, 6.45) is 4.48. The Hall–Kier alpha value is -2.92. The van der Waals surface area contributed by atoms with E-state index >= 15 is 0 Å². The van der Waals surface area contributed by atoms with Gasteiger partial charge in [-0.15, -0.1) is 0 Å². The summed E-state index contributed by atoms with van der Waals surface area (Å²) in [6, 6.07) is 11.1. The van der Waals surface area contributed by atoms with E-state index in [-0.39, 0.29) is 17.5 Å². The minimum atomic E-state index is 0.0111. The molecule has 6 heteroatoms. The number of benzene rings is 2. The van der Waals surface area contributed by atoms with Gasteiger partial charge in [-0.1, -0.05) is 24.6 Å². The summed E-state index contributed by atoms with van der Waals surface area (Å²) in [6.45, 7) is 1.82. The van der Waals surface area contributed by atoms with E-state index in [0.29, 0.717) is 34.7 Å². The SMILES string of the molecule is CCC(=O)c1cc2nccc(Nc3ccc(CC(=O)C4CC4)c(Cl)c3)c2cc1OC. The van der Waals surface area contributed by atoms with E-state index in [1.165, 1.54) is 0 Å². The Morgan fingerprint density at radius 3 is 2.67 bits per heavy atom. The summed E-state index contributed by atoms with van der Waals surface area (Å²) in [5.41, 5.74) is 3.72. The van der Waals surface area contributed by atoms with Crippen LogP contribution in [0.2, 0.25) is 5.02 Å². The number of carbonyl (C=O) groups excluding carboxylic acids is 2. The van der Waals surface area contributed by atoms with Crippen molar-refractivity contribution in [1.29, 1.82) is 0 Å². The number of fused-ring (bicyclic) bond motifs is 1. The van der Waals surface area contributed by atoms with Crippen molar-refractivity contribution in [2.24, 2.45) is 5.92 Å². The van der Waals surface area contributed by atoms with Crippen molar-refractivity contribution in [1.82, 2.24) is 4.98 Å². The zero-order chi connectivity index (χ0) is 21.3. The Morgan fingerprint density at radius 2 is 2.00 bits per heavy atom. The molecule has 1 aromatic heterocycles. The Morgan fingerprint density at radius 1 is 1.20 bits per heavy atom. The van der Waals surface area contributed by atoms with Gasteiger partial charge in [-0.05, 0) is 48.7 Å². The van der Waals surface area contributed by atoms with Crippen LogP contribution in [0.25, 0.3) is 10.9 Å². The van der Waals surface area contributed by atoms with Crippen LogP contribution in [-0.4, -0.2) is 23.7 Å². The van der Waals surface area contributed by atoms with Crippen molar-refractivity contribution in [3.8, 4) is 5.75 Å². The van der Waals surface area contributed by atoms with Crippen LogP contribution in [0.1, 0.15) is 42.1 Å². The number of hydrogen-bond acceptors (Lipinski definition) is 5. The second-order valence-electron chi connectivity index (χ2n) is 7.55. The van der Waals surface area contributed by atoms with Crippen molar-refractivity contribution < 1.29 is 14.3 Å². The van der Waals surface area contributed by atoms with E-state index in [2.05, 4.69) is 10.3 Å². The highest BCUT2D eigenvalue weighted by molar-refractivity contribution is 6.31. The molecule has 5 nitrogen and oxygen atoms in total. The molecule has 1 saturated carbocycles. The number of halogens is 1. The van der Waals surface area contributed by atoms with E-state index in [4.69, 9.17) is 16.3 Å². The summed E-state index contributed by atoms with van der Waals surface area (Å²) in [5, 5.41) is 4.78. The maximum absolute atomic E-state index is 12.2. The van der Waals surface area contributed by atoms with Gasteiger partial charge in [0, 0.05) is 46.7 Å². The lowest BCUT2D eigenvalue weighted by molar-refractivity contribution is -0.119. The van der Waals surface area contributed by atoms with Crippen molar-refractivity contribution >= 4 is 45.4 Å². The second kappa shape index (κ2) is 8.44. The van der Waals surface area contributed by atoms with Gasteiger partial charge in [0.1, 0.15) is 11.5 Å². The predicted octanol–water partition coefficient (Wildman–Crippen LogP) is 5.75. The summed E-state index contributed by atoms with van der Waals surface area (Å²) >= 11 is 6.44. The number of ether oxygens (including phenoxy) is 1. The number of hydrogen-bond donors (Lipinski definition) is 1. The summed E-state index contributed by atoms with van der Waals surface area (Å²) in [5.74, 6) is 1.03. The highest BCUT2D eigenvalue weighted by Gasteiger charge is 2.29. The van der Waals surface area contributed by atoms with E-state index < -0.39 is 0 Å². The standard InChI is InChI=1S/C24H23ClN2O3/c1-3-22(28)18-12-21-17(13-24(18)30-2)20(8-9-26-21)27-16-7-6-15(19(25)11-16)10-23(29)14-4-5-14/h6-9,11-14H,3-5,10H2,1-2H3,(H,26,27). The van der Waals surface area contributed by atoms with Gasteiger partial charge in [0.2, 0.25) is 0 Å². The smallest absolute Gasteiger partial charge is 0.166 e. The van der Waals surface area contributed by atoms with Crippen LogP contribution in [0.4, 0.5) is 11.4 Å². The molecule has 0 radical (unpaired) electrons. The molecule has 1 N–H and O–H groups in total. The van der Waals surface area contributed by atoms with Gasteiger partial charge in [-0.2, -0.15) is 0 Å². The quantitative estimate of drug-likeness (QED) is 0.468. The normalized spacial score (nSPS) is 13.3. The number of pyridine rings is 1. The minimum absolute atomic E-state index is 0.0111. The highest BCUT2D eigenvalue weighted by Crippen LogP contribution is 2.34. The van der Waals surface area contributed by atoms with E-state index in [1.807, 2.05) is 37.3 Å². The third-order valence-corrected chi connectivity index (χ3v) is 5.77. The molecule has 1 aliphatic rings. The molecule has 2 aromatic carbocycles. The first-order valence-electron chi connectivity index (χ1n) is 10.1. The zero-order valence-electron chi connectivity index (χ0n) is 17.0. The van der Waals surface area contributed by atoms with Gasteiger partial charge >= 0.3 is 0 Å². The van der Waals surface area contributed by atoms with Crippen LogP contribution in [0, 0.1) is 5.92 Å². The Bertz CT molecular complexity index is 1140. The number of carbonyl (C=O) groups is 2. The van der Waals surface area contributed by atoms with Crippen LogP contribution in [0.5, 0.6) is 5.75 Å². The summed E-state index contributed by atoms with van der Waals surface area (Å²) in [7, 11) is 1.55. The number of rotatable bonds is 8. The van der Waals surface area contributed by atoms with Crippen molar-refractivity contribution in [3.05, 3.63) is 58.7 Å². The van der Waals surface area contributed by atoms with E-state index in [9.17, 15) is 9.59 Å². The average Bonchev–Trinajstić information content (AvgIpc) is 3.60. The number of Topliss-reactive ketones (excluding diaryl/α,β-unsaturated/α-hetero) is 2. The molecule has 1 heterocycles. The molecule has 30 heavy (non-hydrogen) atoms. The molecule has 0 amide bonds. The number of methoxy groups -OCH3 is 1. The molecule has 0 unspecified atom stereocenters. The van der Waals surface area contributed by atoms with Gasteiger partial charge in [0.25, 0.3) is 0 Å². The molecule has 3 aromatic rings. The molecular weight excluding hydrogens is 400 g/mol. The van der Waals surface area contributed by atoms with Crippen LogP contribution in [0.15, 0.2) is 42.6 Å². The fourth-order valence-electron chi connectivity index (χ4n) is 3.52.